The molecular formula is C21H18F2N2O5. The van der Waals surface area contributed by atoms with E-state index in [-0.39, 0.29) is 17.1 Å². The number of hydrogen-bond acceptors (Lipinski definition) is 5. The number of halogens is 2. The van der Waals surface area contributed by atoms with E-state index in [1.54, 1.807) is 7.05 Å². The number of pyridine rings is 1. The summed E-state index contributed by atoms with van der Waals surface area (Å²) in [6.45, 7) is 0. The molecule has 30 heavy (non-hydrogen) atoms. The van der Waals surface area contributed by atoms with Crippen molar-refractivity contribution in [3.63, 3.8) is 0 Å². The number of benzene rings is 2. The highest BCUT2D eigenvalue weighted by Crippen LogP contribution is 2.40. The van der Waals surface area contributed by atoms with Gasteiger partial charge in [0.1, 0.15) is 11.5 Å². The fourth-order valence-electron chi connectivity index (χ4n) is 2.75. The summed E-state index contributed by atoms with van der Waals surface area (Å²) in [5, 5.41) is 2.50. The minimum absolute atomic E-state index is 0.0753. The molecule has 1 heterocycles. The highest BCUT2D eigenvalue weighted by Gasteiger charge is 2.19. The molecule has 1 amide bonds. The van der Waals surface area contributed by atoms with E-state index in [4.69, 9.17) is 9.47 Å². The Morgan fingerprint density at radius 3 is 2.33 bits per heavy atom. The van der Waals surface area contributed by atoms with Gasteiger partial charge in [0.25, 0.3) is 5.56 Å². The molecular weight excluding hydrogens is 398 g/mol. The first-order valence-electron chi connectivity index (χ1n) is 8.70. The Hall–Kier alpha value is -3.88. The first-order valence-corrected chi connectivity index (χ1v) is 8.70. The number of amides is 1. The van der Waals surface area contributed by atoms with Crippen LogP contribution < -0.4 is 20.3 Å². The van der Waals surface area contributed by atoms with Crippen molar-refractivity contribution in [3.8, 4) is 28.4 Å². The molecule has 0 bridgehead atoms. The van der Waals surface area contributed by atoms with Crippen molar-refractivity contribution in [1.29, 1.82) is 0 Å². The second kappa shape index (κ2) is 8.64. The predicted molar refractivity (Wildman–Crippen MR) is 106 cm³/mol. The van der Waals surface area contributed by atoms with Gasteiger partial charge < -0.3 is 18.8 Å². The van der Waals surface area contributed by atoms with E-state index in [1.807, 2.05) is 0 Å². The van der Waals surface area contributed by atoms with Gasteiger partial charge in [0.05, 0.1) is 14.2 Å². The Morgan fingerprint density at radius 2 is 1.70 bits per heavy atom. The predicted octanol–water partition coefficient (Wildman–Crippen LogP) is 4.31. The van der Waals surface area contributed by atoms with Crippen LogP contribution in [0.3, 0.4) is 0 Å². The van der Waals surface area contributed by atoms with Gasteiger partial charge >= 0.3 is 6.09 Å². The van der Waals surface area contributed by atoms with Crippen LogP contribution in [0, 0.1) is 11.6 Å². The number of methoxy groups -OCH3 is 2. The topological polar surface area (TPSA) is 78.8 Å². The smallest absolute Gasteiger partial charge is 0.411 e. The van der Waals surface area contributed by atoms with Gasteiger partial charge in [-0.1, -0.05) is 6.07 Å². The van der Waals surface area contributed by atoms with E-state index in [0.717, 1.165) is 12.1 Å². The largest absolute Gasteiger partial charge is 0.496 e. The third kappa shape index (κ3) is 4.24. The van der Waals surface area contributed by atoms with Gasteiger partial charge in [-0.05, 0) is 30.3 Å². The lowest BCUT2D eigenvalue weighted by molar-refractivity contribution is 0.187. The summed E-state index contributed by atoms with van der Waals surface area (Å²) in [7, 11) is 4.13. The molecule has 156 valence electrons. The van der Waals surface area contributed by atoms with Gasteiger partial charge in [-0.25, -0.2) is 13.6 Å². The fraction of sp³-hybridized carbons (Fsp3) is 0.143. The van der Waals surface area contributed by atoms with E-state index in [9.17, 15) is 18.4 Å². The number of aryl methyl sites for hydroxylation is 1. The number of carbonyl (C=O) groups excluding carboxylic acids is 1. The zero-order valence-electron chi connectivity index (χ0n) is 16.4. The van der Waals surface area contributed by atoms with Gasteiger partial charge in [0.15, 0.2) is 17.4 Å². The van der Waals surface area contributed by atoms with Crippen molar-refractivity contribution in [3.05, 3.63) is 70.6 Å². The summed E-state index contributed by atoms with van der Waals surface area (Å²) in [5.41, 5.74) is 0.732. The summed E-state index contributed by atoms with van der Waals surface area (Å²) in [5.74, 6) is -2.06. The van der Waals surface area contributed by atoms with E-state index < -0.39 is 23.5 Å². The molecule has 0 spiro atoms. The SMILES string of the molecule is COC(=O)Nc1ccc(Oc2c(F)cccc2F)c(-c2cn(C)c(=O)cc2OC)c1. The van der Waals surface area contributed by atoms with Crippen molar-refractivity contribution in [2.75, 3.05) is 19.5 Å². The lowest BCUT2D eigenvalue weighted by atomic mass is 10.0. The van der Waals surface area contributed by atoms with Crippen molar-refractivity contribution in [2.24, 2.45) is 7.05 Å². The minimum Gasteiger partial charge on any atom is -0.496 e. The number of para-hydroxylation sites is 1. The second-order valence-electron chi connectivity index (χ2n) is 6.18. The standard InChI is InChI=1S/C21H18F2N2O5/c1-25-11-14(18(28-2)10-19(25)26)13-9-12(24-21(27)29-3)7-8-17(13)30-20-15(22)5-4-6-16(20)23/h4-11H,1-3H3,(H,24,27). The number of nitrogens with zero attached hydrogens (tertiary/aromatic N) is 1. The monoisotopic (exact) mass is 416 g/mol. The Balaban J connectivity index is 2.20. The molecule has 0 aliphatic rings. The maximum absolute atomic E-state index is 14.1. The molecule has 1 N–H and O–H groups in total. The van der Waals surface area contributed by atoms with E-state index in [1.165, 1.54) is 55.3 Å². The van der Waals surface area contributed by atoms with Crippen LogP contribution in [0.1, 0.15) is 0 Å². The van der Waals surface area contributed by atoms with Crippen LogP contribution in [-0.4, -0.2) is 24.9 Å². The molecule has 0 unspecified atom stereocenters. The summed E-state index contributed by atoms with van der Waals surface area (Å²) in [6.07, 6.45) is 0.783. The van der Waals surface area contributed by atoms with Crippen LogP contribution in [0.2, 0.25) is 0 Å². The maximum Gasteiger partial charge on any atom is 0.411 e. The Morgan fingerprint density at radius 1 is 1.00 bits per heavy atom. The van der Waals surface area contributed by atoms with Crippen LogP contribution in [0.15, 0.2) is 53.5 Å². The van der Waals surface area contributed by atoms with Crippen molar-refractivity contribution < 1.29 is 27.8 Å². The molecule has 0 saturated carbocycles. The zero-order chi connectivity index (χ0) is 21.8. The molecule has 0 aliphatic heterocycles. The molecule has 1 aromatic heterocycles. The zero-order valence-corrected chi connectivity index (χ0v) is 16.4. The average molecular weight is 416 g/mol. The Labute approximate surface area is 170 Å². The van der Waals surface area contributed by atoms with Crippen LogP contribution in [0.5, 0.6) is 17.2 Å². The number of hydrogen-bond donors (Lipinski definition) is 1. The van der Waals surface area contributed by atoms with Crippen LogP contribution in [0.4, 0.5) is 19.3 Å². The van der Waals surface area contributed by atoms with Gasteiger partial charge in [0, 0.05) is 36.1 Å². The van der Waals surface area contributed by atoms with E-state index >= 15 is 0 Å². The number of ether oxygens (including phenoxy) is 3. The summed E-state index contributed by atoms with van der Waals surface area (Å²) in [6, 6.07) is 9.03. The highest BCUT2D eigenvalue weighted by molar-refractivity contribution is 5.87. The average Bonchev–Trinajstić information content (AvgIpc) is 2.73. The molecule has 0 saturated heterocycles. The molecule has 0 fully saturated rings. The first kappa shape index (κ1) is 20.8. The quantitative estimate of drug-likeness (QED) is 0.671. The number of anilines is 1. The van der Waals surface area contributed by atoms with E-state index in [0.29, 0.717) is 16.8 Å². The van der Waals surface area contributed by atoms with Crippen LogP contribution in [0.25, 0.3) is 11.1 Å². The molecule has 3 aromatic rings. The number of rotatable bonds is 5. The van der Waals surface area contributed by atoms with Crippen molar-refractivity contribution in [2.45, 2.75) is 0 Å². The lowest BCUT2D eigenvalue weighted by Gasteiger charge is -2.17. The molecule has 3 rings (SSSR count). The second-order valence-corrected chi connectivity index (χ2v) is 6.18. The lowest BCUT2D eigenvalue weighted by Crippen LogP contribution is -2.15. The van der Waals surface area contributed by atoms with Crippen molar-refractivity contribution in [1.82, 2.24) is 4.57 Å². The molecule has 7 nitrogen and oxygen atoms in total. The normalized spacial score (nSPS) is 10.4. The minimum atomic E-state index is -0.884. The Bertz CT molecular complexity index is 1140. The summed E-state index contributed by atoms with van der Waals surface area (Å²) in [4.78, 5) is 23.6. The van der Waals surface area contributed by atoms with Gasteiger partial charge in [0.2, 0.25) is 0 Å². The first-order chi connectivity index (χ1) is 14.3. The van der Waals surface area contributed by atoms with Crippen molar-refractivity contribution >= 4 is 11.8 Å². The van der Waals surface area contributed by atoms with Gasteiger partial charge in [-0.3, -0.25) is 10.1 Å². The molecule has 0 radical (unpaired) electrons. The molecule has 0 aliphatic carbocycles. The third-order valence-electron chi connectivity index (χ3n) is 4.24. The number of carbonyl (C=O) groups is 1. The fourth-order valence-corrected chi connectivity index (χ4v) is 2.75. The molecule has 2 aromatic carbocycles. The Kier molecular flexibility index (Phi) is 6.01. The number of nitrogens with one attached hydrogen (secondary N) is 1. The molecule has 0 atom stereocenters. The highest BCUT2D eigenvalue weighted by atomic mass is 19.1. The summed E-state index contributed by atoms with van der Waals surface area (Å²) >= 11 is 0. The summed E-state index contributed by atoms with van der Waals surface area (Å²) < 4.78 is 45.0. The molecule has 9 heteroatoms. The number of aromatic nitrogens is 1. The van der Waals surface area contributed by atoms with Gasteiger partial charge in [-0.2, -0.15) is 0 Å². The van der Waals surface area contributed by atoms with Crippen LogP contribution in [-0.2, 0) is 11.8 Å². The van der Waals surface area contributed by atoms with Gasteiger partial charge in [-0.15, -0.1) is 0 Å². The van der Waals surface area contributed by atoms with E-state index in [2.05, 4.69) is 10.1 Å². The van der Waals surface area contributed by atoms with Crippen LogP contribution >= 0.6 is 0 Å². The maximum atomic E-state index is 14.1. The third-order valence-corrected chi connectivity index (χ3v) is 4.24.